The minimum atomic E-state index is -0.263. The summed E-state index contributed by atoms with van der Waals surface area (Å²) in [5.41, 5.74) is 3.39. The van der Waals surface area contributed by atoms with E-state index in [-0.39, 0.29) is 24.4 Å². The number of hydrogen-bond acceptors (Lipinski definition) is 4. The fraction of sp³-hybridized carbons (Fsp3) is 0.435. The summed E-state index contributed by atoms with van der Waals surface area (Å²) in [5, 5.41) is 12.7. The number of benzene rings is 1. The highest BCUT2D eigenvalue weighted by Gasteiger charge is 2.33. The number of nitrogens with one attached hydrogen (secondary N) is 1. The van der Waals surface area contributed by atoms with Crippen LogP contribution in [-0.4, -0.2) is 59.4 Å². The van der Waals surface area contributed by atoms with Gasteiger partial charge in [0.15, 0.2) is 0 Å². The van der Waals surface area contributed by atoms with Crippen LogP contribution in [-0.2, 0) is 16.1 Å². The summed E-state index contributed by atoms with van der Waals surface area (Å²) in [5.74, 6) is 0.338. The lowest BCUT2D eigenvalue weighted by Gasteiger charge is -2.25. The maximum Gasteiger partial charge on any atom is 0.239 e. The third kappa shape index (κ3) is 4.39. The molecule has 7 nitrogen and oxygen atoms in total. The van der Waals surface area contributed by atoms with E-state index in [0.717, 1.165) is 29.7 Å². The van der Waals surface area contributed by atoms with Gasteiger partial charge in [-0.3, -0.25) is 14.5 Å². The van der Waals surface area contributed by atoms with Gasteiger partial charge in [-0.15, -0.1) is 0 Å². The van der Waals surface area contributed by atoms with Crippen LogP contribution in [0.25, 0.3) is 0 Å². The van der Waals surface area contributed by atoms with Gasteiger partial charge in [0.05, 0.1) is 18.2 Å². The van der Waals surface area contributed by atoms with Crippen LogP contribution in [0.15, 0.2) is 30.3 Å². The van der Waals surface area contributed by atoms with E-state index < -0.39 is 0 Å². The summed E-state index contributed by atoms with van der Waals surface area (Å²) >= 11 is 0. The van der Waals surface area contributed by atoms with Crippen LogP contribution in [0, 0.1) is 25.2 Å². The normalized spacial score (nSPS) is 16.3. The van der Waals surface area contributed by atoms with Gasteiger partial charge in [-0.05, 0) is 44.4 Å². The minimum Gasteiger partial charge on any atom is -0.347 e. The van der Waals surface area contributed by atoms with Crippen molar-refractivity contribution in [2.75, 3.05) is 32.5 Å². The molecule has 1 fully saturated rings. The zero-order valence-corrected chi connectivity index (χ0v) is 18.1. The number of nitrogens with zero attached hydrogens (tertiary/aromatic N) is 4. The molecule has 1 N–H and O–H groups in total. The quantitative estimate of drug-likeness (QED) is 0.798. The number of anilines is 1. The van der Waals surface area contributed by atoms with Crippen molar-refractivity contribution >= 4 is 17.6 Å². The molecule has 0 spiro atoms. The van der Waals surface area contributed by atoms with E-state index >= 15 is 0 Å². The molecule has 0 saturated carbocycles. The van der Waals surface area contributed by atoms with Gasteiger partial charge in [0.2, 0.25) is 11.8 Å². The first-order chi connectivity index (χ1) is 14.3. The number of likely N-dealkylation sites (tertiary alicyclic amines) is 1. The number of hydrogen-bond donors (Lipinski definition) is 1. The summed E-state index contributed by atoms with van der Waals surface area (Å²) in [6.07, 6.45) is 1.65. The number of carbonyl (C=O) groups excluding carboxylic acids is 2. The van der Waals surface area contributed by atoms with E-state index in [1.165, 1.54) is 0 Å². The molecular weight excluding hydrogens is 378 g/mol. The Kier molecular flexibility index (Phi) is 6.58. The van der Waals surface area contributed by atoms with Gasteiger partial charge in [0.25, 0.3) is 0 Å². The van der Waals surface area contributed by atoms with Crippen molar-refractivity contribution in [3.05, 3.63) is 52.7 Å². The van der Waals surface area contributed by atoms with Gasteiger partial charge in [-0.2, -0.15) is 5.26 Å². The summed E-state index contributed by atoms with van der Waals surface area (Å²) < 4.78 is 1.98. The van der Waals surface area contributed by atoms with E-state index in [1.807, 2.05) is 53.6 Å². The Bertz CT molecular complexity index is 972. The molecule has 3 rings (SSSR count). The molecule has 30 heavy (non-hydrogen) atoms. The predicted octanol–water partition coefficient (Wildman–Crippen LogP) is 2.52. The Morgan fingerprint density at radius 1 is 1.23 bits per heavy atom. The molecule has 2 amide bonds. The molecule has 1 saturated heterocycles. The van der Waals surface area contributed by atoms with Crippen molar-refractivity contribution in [2.24, 2.45) is 0 Å². The van der Waals surface area contributed by atoms with Crippen molar-refractivity contribution in [3.63, 3.8) is 0 Å². The van der Waals surface area contributed by atoms with Gasteiger partial charge in [-0.1, -0.05) is 30.3 Å². The number of nitriles is 1. The van der Waals surface area contributed by atoms with Crippen molar-refractivity contribution in [1.29, 1.82) is 5.26 Å². The highest BCUT2D eigenvalue weighted by molar-refractivity contribution is 5.94. The monoisotopic (exact) mass is 407 g/mol. The van der Waals surface area contributed by atoms with Gasteiger partial charge in [-0.25, -0.2) is 0 Å². The van der Waals surface area contributed by atoms with Crippen LogP contribution in [0.4, 0.5) is 5.82 Å². The smallest absolute Gasteiger partial charge is 0.239 e. The highest BCUT2D eigenvalue weighted by atomic mass is 16.2. The second kappa shape index (κ2) is 9.14. The van der Waals surface area contributed by atoms with Crippen molar-refractivity contribution < 1.29 is 9.59 Å². The first-order valence-corrected chi connectivity index (χ1v) is 10.2. The fourth-order valence-electron chi connectivity index (χ4n) is 4.04. The van der Waals surface area contributed by atoms with Gasteiger partial charge in [0.1, 0.15) is 11.9 Å². The Morgan fingerprint density at radius 3 is 2.57 bits per heavy atom. The molecule has 158 valence electrons. The SMILES string of the molecule is Cc1c(C#N)c(NC(=O)CN2CCC[C@H]2C(=O)N(C)C)n(Cc2ccccc2)c1C. The number of amides is 2. The fourth-order valence-corrected chi connectivity index (χ4v) is 4.04. The topological polar surface area (TPSA) is 81.4 Å². The molecule has 0 radical (unpaired) electrons. The zero-order valence-electron chi connectivity index (χ0n) is 18.1. The number of likely N-dealkylation sites (N-methyl/N-ethyl adjacent to an activating group) is 1. The lowest BCUT2D eigenvalue weighted by molar-refractivity contribution is -0.133. The standard InChI is InChI=1S/C23H29N5O2/c1-16-17(2)28(14-18-9-6-5-7-10-18)22(19(16)13-24)25-21(29)15-27-12-8-11-20(27)23(30)26(3)4/h5-7,9-10,20H,8,11-12,14-15H2,1-4H3,(H,25,29)/t20-/m0/s1. The van der Waals surface area contributed by atoms with Crippen LogP contribution in [0.5, 0.6) is 0 Å². The third-order valence-corrected chi connectivity index (χ3v) is 5.82. The molecule has 1 aromatic carbocycles. The lowest BCUT2D eigenvalue weighted by atomic mass is 10.2. The van der Waals surface area contributed by atoms with Crippen molar-refractivity contribution in [3.8, 4) is 6.07 Å². The number of aromatic nitrogens is 1. The summed E-state index contributed by atoms with van der Waals surface area (Å²) in [6.45, 7) is 5.27. The minimum absolute atomic E-state index is 0.0251. The zero-order chi connectivity index (χ0) is 21.8. The number of rotatable bonds is 6. The third-order valence-electron chi connectivity index (χ3n) is 5.82. The molecule has 2 heterocycles. The molecule has 2 aromatic rings. The highest BCUT2D eigenvalue weighted by Crippen LogP contribution is 2.27. The average Bonchev–Trinajstić information content (AvgIpc) is 3.26. The molecule has 0 aliphatic carbocycles. The van der Waals surface area contributed by atoms with Gasteiger partial charge in [0, 0.05) is 26.3 Å². The second-order valence-electron chi connectivity index (χ2n) is 8.03. The lowest BCUT2D eigenvalue weighted by Crippen LogP contribution is -2.45. The van der Waals surface area contributed by atoms with Crippen LogP contribution >= 0.6 is 0 Å². The van der Waals surface area contributed by atoms with Crippen LogP contribution in [0.1, 0.15) is 35.2 Å². The predicted molar refractivity (Wildman–Crippen MR) is 116 cm³/mol. The average molecular weight is 408 g/mol. The maximum atomic E-state index is 12.9. The molecule has 1 atom stereocenters. The van der Waals surface area contributed by atoms with E-state index in [2.05, 4.69) is 11.4 Å². The Balaban J connectivity index is 1.82. The van der Waals surface area contributed by atoms with Crippen molar-refractivity contribution in [2.45, 2.75) is 39.3 Å². The van der Waals surface area contributed by atoms with Crippen LogP contribution in [0.2, 0.25) is 0 Å². The summed E-state index contributed by atoms with van der Waals surface area (Å²) in [7, 11) is 3.47. The van der Waals surface area contributed by atoms with E-state index in [4.69, 9.17) is 0 Å². The van der Waals surface area contributed by atoms with Crippen LogP contribution in [0.3, 0.4) is 0 Å². The van der Waals surface area contributed by atoms with E-state index in [9.17, 15) is 14.9 Å². The molecule has 7 heteroatoms. The van der Waals surface area contributed by atoms with Gasteiger partial charge < -0.3 is 14.8 Å². The van der Waals surface area contributed by atoms with E-state index in [0.29, 0.717) is 24.5 Å². The van der Waals surface area contributed by atoms with Gasteiger partial charge >= 0.3 is 0 Å². The second-order valence-corrected chi connectivity index (χ2v) is 8.03. The molecule has 0 bridgehead atoms. The first-order valence-electron chi connectivity index (χ1n) is 10.2. The Labute approximate surface area is 177 Å². The maximum absolute atomic E-state index is 12.9. The summed E-state index contributed by atoms with van der Waals surface area (Å²) in [6, 6.07) is 11.9. The Hall–Kier alpha value is -3.11. The molecule has 0 unspecified atom stereocenters. The molecule has 1 aliphatic heterocycles. The summed E-state index contributed by atoms with van der Waals surface area (Å²) in [4.78, 5) is 28.8. The molecule has 1 aromatic heterocycles. The largest absolute Gasteiger partial charge is 0.347 e. The Morgan fingerprint density at radius 2 is 1.93 bits per heavy atom. The first kappa shape index (κ1) is 21.6. The molecule has 1 aliphatic rings. The van der Waals surface area contributed by atoms with Crippen LogP contribution < -0.4 is 5.32 Å². The molecular formula is C23H29N5O2. The van der Waals surface area contributed by atoms with E-state index in [1.54, 1.807) is 19.0 Å². The number of carbonyl (C=O) groups is 2. The van der Waals surface area contributed by atoms with Crippen molar-refractivity contribution in [1.82, 2.24) is 14.4 Å².